The molecule has 0 N–H and O–H groups in total. The highest BCUT2D eigenvalue weighted by molar-refractivity contribution is 6.35. The van der Waals surface area contributed by atoms with Crippen LogP contribution in [0.3, 0.4) is 0 Å². The Hall–Kier alpha value is -2.91. The molecule has 0 spiro atoms. The number of benzene rings is 2. The van der Waals surface area contributed by atoms with Gasteiger partial charge in [-0.15, -0.1) is 0 Å². The summed E-state index contributed by atoms with van der Waals surface area (Å²) >= 11 is 12.3. The summed E-state index contributed by atoms with van der Waals surface area (Å²) in [5.41, 5.74) is 1.07. The fourth-order valence-corrected chi connectivity index (χ4v) is 4.79. The minimum absolute atomic E-state index is 0.159. The molecule has 202 valence electrons. The van der Waals surface area contributed by atoms with Gasteiger partial charge in [0.15, 0.2) is 0 Å². The molecule has 0 saturated carbocycles. The number of carbonyl (C=O) groups is 2. The molecule has 2 amide bonds. The van der Waals surface area contributed by atoms with Crippen molar-refractivity contribution in [1.29, 1.82) is 0 Å². The van der Waals surface area contributed by atoms with Crippen molar-refractivity contribution in [1.82, 2.24) is 14.7 Å². The van der Waals surface area contributed by atoms with Crippen LogP contribution in [-0.2, 0) is 22.6 Å². The van der Waals surface area contributed by atoms with Crippen LogP contribution in [0.15, 0.2) is 59.0 Å². The van der Waals surface area contributed by atoms with Crippen LogP contribution in [0, 0.1) is 12.7 Å². The first kappa shape index (κ1) is 28.1. The van der Waals surface area contributed by atoms with Gasteiger partial charge in [0.2, 0.25) is 5.91 Å². The second-order valence-electron chi connectivity index (χ2n) is 9.23. The van der Waals surface area contributed by atoms with Gasteiger partial charge >= 0.3 is 0 Å². The van der Waals surface area contributed by atoms with Gasteiger partial charge in [-0.25, -0.2) is 4.39 Å². The first-order chi connectivity index (χ1) is 18.3. The second kappa shape index (κ2) is 13.2. The lowest BCUT2D eigenvalue weighted by Gasteiger charge is -2.31. The Morgan fingerprint density at radius 2 is 1.63 bits per heavy atom. The Labute approximate surface area is 231 Å². The van der Waals surface area contributed by atoms with E-state index in [1.165, 1.54) is 17.0 Å². The van der Waals surface area contributed by atoms with Gasteiger partial charge in [-0.1, -0.05) is 35.3 Å². The summed E-state index contributed by atoms with van der Waals surface area (Å²) in [7, 11) is 0. The van der Waals surface area contributed by atoms with Crippen molar-refractivity contribution in [2.45, 2.75) is 20.0 Å². The number of hydrogen-bond donors (Lipinski definition) is 0. The summed E-state index contributed by atoms with van der Waals surface area (Å²) in [5.74, 6) is 0.381. The summed E-state index contributed by atoms with van der Waals surface area (Å²) < 4.78 is 24.6. The molecule has 4 rings (SSSR count). The van der Waals surface area contributed by atoms with Crippen molar-refractivity contribution in [2.24, 2.45) is 0 Å². The molecule has 1 aliphatic rings. The molecule has 1 saturated heterocycles. The van der Waals surface area contributed by atoms with Crippen LogP contribution in [0.4, 0.5) is 4.39 Å². The summed E-state index contributed by atoms with van der Waals surface area (Å²) in [6.07, 6.45) is 0. The molecule has 0 radical (unpaired) electrons. The van der Waals surface area contributed by atoms with Gasteiger partial charge in [0.1, 0.15) is 23.9 Å². The first-order valence-corrected chi connectivity index (χ1v) is 13.2. The normalized spacial score (nSPS) is 13.9. The molecule has 0 atom stereocenters. The fraction of sp³-hybridized carbons (Fsp3) is 0.357. The van der Waals surface area contributed by atoms with Crippen LogP contribution in [0.25, 0.3) is 0 Å². The number of morpholine rings is 1. The largest absolute Gasteiger partial charge is 0.464 e. The highest BCUT2D eigenvalue weighted by Gasteiger charge is 2.25. The van der Waals surface area contributed by atoms with Crippen molar-refractivity contribution >= 4 is 35.0 Å². The van der Waals surface area contributed by atoms with Crippen molar-refractivity contribution in [2.75, 3.05) is 45.9 Å². The quantitative estimate of drug-likeness (QED) is 0.347. The molecule has 2 aromatic carbocycles. The van der Waals surface area contributed by atoms with E-state index in [1.807, 2.05) is 19.1 Å². The van der Waals surface area contributed by atoms with Gasteiger partial charge in [-0.2, -0.15) is 0 Å². The van der Waals surface area contributed by atoms with Crippen LogP contribution in [-0.4, -0.2) is 72.5 Å². The molecule has 38 heavy (non-hydrogen) atoms. The predicted molar refractivity (Wildman–Crippen MR) is 144 cm³/mol. The molecular formula is C28H30Cl2FN3O4. The van der Waals surface area contributed by atoms with E-state index >= 15 is 0 Å². The molecule has 7 nitrogen and oxygen atoms in total. The average molecular weight is 562 g/mol. The number of rotatable bonds is 10. The third-order valence-corrected chi connectivity index (χ3v) is 6.73. The smallest absolute Gasteiger partial charge is 0.254 e. The first-order valence-electron chi connectivity index (χ1n) is 12.4. The van der Waals surface area contributed by atoms with Gasteiger partial charge in [-0.05, 0) is 55.0 Å². The van der Waals surface area contributed by atoms with Crippen LogP contribution in [0.2, 0.25) is 10.0 Å². The van der Waals surface area contributed by atoms with E-state index in [2.05, 4.69) is 4.90 Å². The zero-order valence-corrected chi connectivity index (χ0v) is 22.7. The number of carbonyl (C=O) groups excluding carboxylic acids is 2. The number of halogens is 3. The lowest BCUT2D eigenvalue weighted by molar-refractivity contribution is -0.133. The average Bonchev–Trinajstić information content (AvgIpc) is 3.31. The third-order valence-electron chi connectivity index (χ3n) is 6.29. The third kappa shape index (κ3) is 8.04. The predicted octanol–water partition coefficient (Wildman–Crippen LogP) is 5.04. The zero-order valence-electron chi connectivity index (χ0n) is 21.2. The summed E-state index contributed by atoms with van der Waals surface area (Å²) in [4.78, 5) is 32.6. The van der Waals surface area contributed by atoms with E-state index < -0.39 is 0 Å². The highest BCUT2D eigenvalue weighted by atomic mass is 35.5. The van der Waals surface area contributed by atoms with Gasteiger partial charge in [0, 0.05) is 48.3 Å². The Morgan fingerprint density at radius 3 is 2.26 bits per heavy atom. The van der Waals surface area contributed by atoms with Crippen LogP contribution < -0.4 is 0 Å². The van der Waals surface area contributed by atoms with Crippen molar-refractivity contribution in [3.8, 4) is 0 Å². The maximum atomic E-state index is 13.7. The van der Waals surface area contributed by atoms with E-state index in [4.69, 9.17) is 32.4 Å². The van der Waals surface area contributed by atoms with E-state index in [0.29, 0.717) is 47.7 Å². The Balaban J connectivity index is 1.55. The van der Waals surface area contributed by atoms with Gasteiger partial charge in [0.05, 0.1) is 19.8 Å². The molecule has 1 aliphatic heterocycles. The highest BCUT2D eigenvalue weighted by Crippen LogP contribution is 2.21. The molecule has 1 fully saturated rings. The van der Waals surface area contributed by atoms with Crippen LogP contribution in [0.1, 0.15) is 27.4 Å². The maximum absolute atomic E-state index is 13.7. The zero-order chi connectivity index (χ0) is 27.1. The van der Waals surface area contributed by atoms with Crippen LogP contribution >= 0.6 is 23.2 Å². The van der Waals surface area contributed by atoms with Gasteiger partial charge < -0.3 is 19.0 Å². The molecule has 2 heterocycles. The number of aryl methyl sites for hydroxylation is 1. The fourth-order valence-electron chi connectivity index (χ4n) is 4.26. The molecule has 0 bridgehead atoms. The van der Waals surface area contributed by atoms with E-state index in [1.54, 1.807) is 35.2 Å². The van der Waals surface area contributed by atoms with E-state index in [0.717, 1.165) is 24.4 Å². The Morgan fingerprint density at radius 1 is 0.947 bits per heavy atom. The van der Waals surface area contributed by atoms with Gasteiger partial charge in [-0.3, -0.25) is 14.5 Å². The maximum Gasteiger partial charge on any atom is 0.254 e. The van der Waals surface area contributed by atoms with Crippen molar-refractivity contribution in [3.63, 3.8) is 0 Å². The van der Waals surface area contributed by atoms with Gasteiger partial charge in [0.25, 0.3) is 5.91 Å². The number of hydrogen-bond acceptors (Lipinski definition) is 5. The monoisotopic (exact) mass is 561 g/mol. The standard InChI is InChI=1S/C28H30Cl2FN3O4/c1-20-2-7-26(38-20)18-34(17-21-3-5-25(31)6-4-21)27(35)19-33(9-8-32-10-12-37-13-11-32)28(36)22-14-23(29)16-24(30)15-22/h2-7,14-16H,8-13,17-19H2,1H3. The van der Waals surface area contributed by atoms with E-state index in [9.17, 15) is 14.0 Å². The van der Waals surface area contributed by atoms with Crippen LogP contribution in [0.5, 0.6) is 0 Å². The number of amides is 2. The Bertz CT molecular complexity index is 1220. The van der Waals surface area contributed by atoms with Crippen molar-refractivity contribution in [3.05, 3.63) is 93.1 Å². The second-order valence-corrected chi connectivity index (χ2v) is 10.1. The molecule has 3 aromatic rings. The lowest BCUT2D eigenvalue weighted by Crippen LogP contribution is -2.47. The lowest BCUT2D eigenvalue weighted by atomic mass is 10.1. The number of furan rings is 1. The minimum atomic E-state index is -0.353. The SMILES string of the molecule is Cc1ccc(CN(Cc2ccc(F)cc2)C(=O)CN(CCN2CCOCC2)C(=O)c2cc(Cl)cc(Cl)c2)o1. The Kier molecular flexibility index (Phi) is 9.80. The molecule has 1 aromatic heterocycles. The summed E-state index contributed by atoms with van der Waals surface area (Å²) in [6, 6.07) is 14.3. The number of ether oxygens (including phenoxy) is 1. The molecule has 10 heteroatoms. The molecule has 0 unspecified atom stereocenters. The molecule has 0 aliphatic carbocycles. The minimum Gasteiger partial charge on any atom is -0.464 e. The van der Waals surface area contributed by atoms with Crippen molar-refractivity contribution < 1.29 is 23.1 Å². The number of nitrogens with zero attached hydrogens (tertiary/aromatic N) is 3. The molecular weight excluding hydrogens is 532 g/mol. The summed E-state index contributed by atoms with van der Waals surface area (Å²) in [6.45, 7) is 5.80. The summed E-state index contributed by atoms with van der Waals surface area (Å²) in [5, 5.41) is 0.679. The van der Waals surface area contributed by atoms with E-state index in [-0.39, 0.29) is 37.3 Å². The topological polar surface area (TPSA) is 66.2 Å².